The molecule has 1 amide bonds. The highest BCUT2D eigenvalue weighted by molar-refractivity contribution is 7.11. The van der Waals surface area contributed by atoms with E-state index in [9.17, 15) is 4.79 Å². The monoisotopic (exact) mass is 359 g/mol. The largest absolute Gasteiger partial charge is 0.357 e. The molecular formula is C18H25N5OS. The number of nitrogens with zero attached hydrogens (tertiary/aromatic N) is 2. The van der Waals surface area contributed by atoms with E-state index in [1.807, 2.05) is 31.3 Å². The minimum Gasteiger partial charge on any atom is -0.357 e. The number of rotatable bonds is 8. The molecule has 1 aromatic carbocycles. The summed E-state index contributed by atoms with van der Waals surface area (Å²) < 4.78 is 0. The first-order chi connectivity index (χ1) is 12.2. The Hall–Kier alpha value is -2.41. The minimum atomic E-state index is -0.0662. The number of aliphatic imine (C=N–C) groups is 1. The normalized spacial score (nSPS) is 11.2. The van der Waals surface area contributed by atoms with E-state index in [2.05, 4.69) is 32.9 Å². The van der Waals surface area contributed by atoms with Gasteiger partial charge >= 0.3 is 0 Å². The number of thiazole rings is 1. The molecule has 0 saturated carbocycles. The molecule has 0 aliphatic heterocycles. The topological polar surface area (TPSA) is 78.4 Å². The van der Waals surface area contributed by atoms with E-state index >= 15 is 0 Å². The predicted octanol–water partition coefficient (Wildman–Crippen LogP) is 1.98. The Bertz CT molecular complexity index is 684. The molecule has 7 heteroatoms. The first-order valence-electron chi connectivity index (χ1n) is 8.45. The Morgan fingerprint density at radius 3 is 2.60 bits per heavy atom. The summed E-state index contributed by atoms with van der Waals surface area (Å²) in [5, 5.41) is 10.4. The first kappa shape index (κ1) is 18.9. The van der Waals surface area contributed by atoms with Crippen LogP contribution in [0.4, 0.5) is 0 Å². The standard InChI is InChI=1S/C18H25N5OS/c1-3-19-18(21-10-9-16-23-13-14(2)25-16)22-12-11-20-17(24)15-7-5-4-6-8-15/h4-8,13H,3,9-12H2,1-2H3,(H,20,24)(H2,19,21,22). The number of benzene rings is 1. The molecule has 0 saturated heterocycles. The summed E-state index contributed by atoms with van der Waals surface area (Å²) in [6.45, 7) is 6.69. The molecule has 0 bridgehead atoms. The number of carbonyl (C=O) groups excluding carboxylic acids is 1. The number of aromatic nitrogens is 1. The molecule has 134 valence electrons. The lowest BCUT2D eigenvalue weighted by Gasteiger charge is -2.11. The van der Waals surface area contributed by atoms with Gasteiger partial charge in [-0.15, -0.1) is 11.3 Å². The van der Waals surface area contributed by atoms with Gasteiger partial charge in [0.25, 0.3) is 5.91 Å². The van der Waals surface area contributed by atoms with Crippen LogP contribution in [0.2, 0.25) is 0 Å². The summed E-state index contributed by atoms with van der Waals surface area (Å²) in [5.41, 5.74) is 0.668. The van der Waals surface area contributed by atoms with Gasteiger partial charge in [0, 0.05) is 49.2 Å². The van der Waals surface area contributed by atoms with Crippen molar-refractivity contribution in [1.29, 1.82) is 0 Å². The molecule has 0 radical (unpaired) electrons. The van der Waals surface area contributed by atoms with Gasteiger partial charge in [0.15, 0.2) is 5.96 Å². The van der Waals surface area contributed by atoms with Crippen molar-refractivity contribution in [3.63, 3.8) is 0 Å². The third kappa shape index (κ3) is 6.93. The van der Waals surface area contributed by atoms with Crippen LogP contribution >= 0.6 is 11.3 Å². The van der Waals surface area contributed by atoms with Crippen molar-refractivity contribution in [1.82, 2.24) is 20.9 Å². The van der Waals surface area contributed by atoms with Gasteiger partial charge in [-0.3, -0.25) is 9.79 Å². The Kier molecular flexibility index (Phi) is 7.91. The number of carbonyl (C=O) groups is 1. The third-order valence-corrected chi connectivity index (χ3v) is 4.32. The van der Waals surface area contributed by atoms with Crippen molar-refractivity contribution >= 4 is 23.2 Å². The predicted molar refractivity (Wildman–Crippen MR) is 103 cm³/mol. The fourth-order valence-electron chi connectivity index (χ4n) is 2.17. The van der Waals surface area contributed by atoms with Crippen molar-refractivity contribution in [2.45, 2.75) is 20.3 Å². The van der Waals surface area contributed by atoms with E-state index in [1.54, 1.807) is 23.5 Å². The van der Waals surface area contributed by atoms with Gasteiger partial charge < -0.3 is 16.0 Å². The van der Waals surface area contributed by atoms with E-state index in [0.29, 0.717) is 25.2 Å². The zero-order chi connectivity index (χ0) is 17.9. The molecule has 0 aliphatic carbocycles. The molecule has 25 heavy (non-hydrogen) atoms. The lowest BCUT2D eigenvalue weighted by atomic mass is 10.2. The lowest BCUT2D eigenvalue weighted by molar-refractivity contribution is 0.0954. The smallest absolute Gasteiger partial charge is 0.251 e. The summed E-state index contributed by atoms with van der Waals surface area (Å²) in [7, 11) is 0. The van der Waals surface area contributed by atoms with E-state index in [0.717, 1.165) is 23.9 Å². The molecule has 2 rings (SSSR count). The van der Waals surface area contributed by atoms with E-state index in [-0.39, 0.29) is 5.91 Å². The molecule has 0 spiro atoms. The quantitative estimate of drug-likeness (QED) is 0.383. The van der Waals surface area contributed by atoms with Crippen molar-refractivity contribution in [3.05, 3.63) is 52.0 Å². The molecule has 1 heterocycles. The minimum absolute atomic E-state index is 0.0662. The summed E-state index contributed by atoms with van der Waals surface area (Å²) in [6, 6.07) is 9.20. The van der Waals surface area contributed by atoms with Gasteiger partial charge in [0.05, 0.1) is 5.01 Å². The molecule has 0 aliphatic rings. The molecule has 0 fully saturated rings. The van der Waals surface area contributed by atoms with Crippen molar-refractivity contribution < 1.29 is 4.79 Å². The fraction of sp³-hybridized carbons (Fsp3) is 0.389. The summed E-state index contributed by atoms with van der Waals surface area (Å²) in [5.74, 6) is 0.688. The fourth-order valence-corrected chi connectivity index (χ4v) is 2.95. The molecule has 0 atom stereocenters. The lowest BCUT2D eigenvalue weighted by Crippen LogP contribution is -2.41. The van der Waals surface area contributed by atoms with Gasteiger partial charge in [-0.1, -0.05) is 18.2 Å². The SMILES string of the molecule is CCNC(=NCCc1ncc(C)s1)NCCNC(=O)c1ccccc1. The molecule has 1 aromatic heterocycles. The average molecular weight is 359 g/mol. The van der Waals surface area contributed by atoms with Gasteiger partial charge in [-0.2, -0.15) is 0 Å². The third-order valence-electron chi connectivity index (χ3n) is 3.35. The molecule has 2 aromatic rings. The maximum absolute atomic E-state index is 12.0. The number of nitrogens with one attached hydrogen (secondary N) is 3. The van der Waals surface area contributed by atoms with Gasteiger partial charge in [-0.05, 0) is 26.0 Å². The van der Waals surface area contributed by atoms with Crippen LogP contribution in [0.15, 0.2) is 41.5 Å². The van der Waals surface area contributed by atoms with Crippen molar-refractivity contribution in [2.75, 3.05) is 26.2 Å². The second-order valence-electron chi connectivity index (χ2n) is 5.42. The van der Waals surface area contributed by atoms with E-state index in [4.69, 9.17) is 0 Å². The Morgan fingerprint density at radius 1 is 1.16 bits per heavy atom. The van der Waals surface area contributed by atoms with Crippen LogP contribution in [0.5, 0.6) is 0 Å². The van der Waals surface area contributed by atoms with Crippen LogP contribution in [0.1, 0.15) is 27.2 Å². The molecule has 0 unspecified atom stereocenters. The highest BCUT2D eigenvalue weighted by atomic mass is 32.1. The highest BCUT2D eigenvalue weighted by Gasteiger charge is 2.03. The maximum atomic E-state index is 12.0. The molecule has 3 N–H and O–H groups in total. The maximum Gasteiger partial charge on any atom is 0.251 e. The molecule has 6 nitrogen and oxygen atoms in total. The van der Waals surface area contributed by atoms with Gasteiger partial charge in [-0.25, -0.2) is 4.98 Å². The van der Waals surface area contributed by atoms with Gasteiger partial charge in [0.2, 0.25) is 0 Å². The number of guanidine groups is 1. The van der Waals surface area contributed by atoms with Crippen LogP contribution in [0.25, 0.3) is 0 Å². The van der Waals surface area contributed by atoms with Crippen LogP contribution in [0, 0.1) is 6.92 Å². The van der Waals surface area contributed by atoms with E-state index < -0.39 is 0 Å². The Balaban J connectivity index is 1.71. The Morgan fingerprint density at radius 2 is 1.92 bits per heavy atom. The van der Waals surface area contributed by atoms with E-state index in [1.165, 1.54) is 4.88 Å². The summed E-state index contributed by atoms with van der Waals surface area (Å²) in [4.78, 5) is 22.1. The zero-order valence-electron chi connectivity index (χ0n) is 14.7. The first-order valence-corrected chi connectivity index (χ1v) is 9.27. The summed E-state index contributed by atoms with van der Waals surface area (Å²) >= 11 is 1.71. The second-order valence-corrected chi connectivity index (χ2v) is 6.74. The summed E-state index contributed by atoms with van der Waals surface area (Å²) in [6.07, 6.45) is 2.72. The van der Waals surface area contributed by atoms with Crippen LogP contribution in [-0.2, 0) is 6.42 Å². The highest BCUT2D eigenvalue weighted by Crippen LogP contribution is 2.11. The average Bonchev–Trinajstić information content (AvgIpc) is 3.04. The van der Waals surface area contributed by atoms with Gasteiger partial charge in [0.1, 0.15) is 0 Å². The number of aryl methyl sites for hydroxylation is 1. The number of hydrogen-bond donors (Lipinski definition) is 3. The van der Waals surface area contributed by atoms with Crippen LogP contribution in [-0.4, -0.2) is 43.0 Å². The number of hydrogen-bond acceptors (Lipinski definition) is 4. The zero-order valence-corrected chi connectivity index (χ0v) is 15.5. The van der Waals surface area contributed by atoms with Crippen LogP contribution < -0.4 is 16.0 Å². The Labute approximate surface area is 152 Å². The number of amides is 1. The second kappa shape index (κ2) is 10.5. The molecular weight excluding hydrogens is 334 g/mol. The van der Waals surface area contributed by atoms with Crippen molar-refractivity contribution in [2.24, 2.45) is 4.99 Å². The van der Waals surface area contributed by atoms with Crippen molar-refractivity contribution in [3.8, 4) is 0 Å². The van der Waals surface area contributed by atoms with Crippen LogP contribution in [0.3, 0.4) is 0 Å².